The first kappa shape index (κ1) is 14.0. The Hall–Kier alpha value is -1.45. The lowest BCUT2D eigenvalue weighted by atomic mass is 10.1. The molecule has 0 aromatic carbocycles. The third-order valence-corrected chi connectivity index (χ3v) is 4.53. The summed E-state index contributed by atoms with van der Waals surface area (Å²) in [6, 6.07) is 0. The molecule has 19 heavy (non-hydrogen) atoms. The van der Waals surface area contributed by atoms with Gasteiger partial charge in [-0.15, -0.1) is 0 Å². The van der Waals surface area contributed by atoms with E-state index in [9.17, 15) is 13.2 Å². The fourth-order valence-corrected chi connectivity index (χ4v) is 3.37. The fourth-order valence-electron chi connectivity index (χ4n) is 1.94. The lowest BCUT2D eigenvalue weighted by molar-refractivity contribution is 0.0686. The van der Waals surface area contributed by atoms with Gasteiger partial charge in [-0.05, 0) is 19.3 Å². The van der Waals surface area contributed by atoms with E-state index in [1.807, 2.05) is 0 Å². The number of sulfonamides is 1. The van der Waals surface area contributed by atoms with E-state index in [1.165, 1.54) is 6.92 Å². The zero-order valence-electron chi connectivity index (χ0n) is 10.3. The molecule has 0 amide bonds. The molecule has 1 aromatic rings. The molecule has 1 saturated heterocycles. The van der Waals surface area contributed by atoms with Crippen molar-refractivity contribution in [3.63, 3.8) is 0 Å². The van der Waals surface area contributed by atoms with Gasteiger partial charge in [-0.1, -0.05) is 0 Å². The summed E-state index contributed by atoms with van der Waals surface area (Å²) in [6.07, 6.45) is 0.790. The number of ether oxygens (including phenoxy) is 1. The number of aromatic nitrogens is 2. The summed E-state index contributed by atoms with van der Waals surface area (Å²) in [4.78, 5) is 10.6. The van der Waals surface area contributed by atoms with Crippen LogP contribution in [0.25, 0.3) is 0 Å². The number of carboxylic acid groups (broad SMARTS) is 1. The highest BCUT2D eigenvalue weighted by atomic mass is 32.2. The maximum absolute atomic E-state index is 12.1. The van der Waals surface area contributed by atoms with Crippen LogP contribution < -0.4 is 4.72 Å². The Kier molecular flexibility index (Phi) is 3.88. The van der Waals surface area contributed by atoms with Gasteiger partial charge in [0.2, 0.25) is 10.0 Å². The molecule has 8 nitrogen and oxygen atoms in total. The fraction of sp³-hybridized carbons (Fsp3) is 0.600. The van der Waals surface area contributed by atoms with Gasteiger partial charge in [-0.2, -0.15) is 5.10 Å². The number of aromatic amines is 1. The minimum atomic E-state index is -3.89. The molecule has 0 saturated carbocycles. The van der Waals surface area contributed by atoms with Crippen LogP contribution in [0.4, 0.5) is 0 Å². The number of nitrogens with one attached hydrogen (secondary N) is 2. The topological polar surface area (TPSA) is 121 Å². The number of hydrogen-bond donors (Lipinski definition) is 3. The van der Waals surface area contributed by atoms with Gasteiger partial charge >= 0.3 is 5.97 Å². The van der Waals surface area contributed by atoms with E-state index in [0.717, 1.165) is 6.42 Å². The number of hydrogen-bond acceptors (Lipinski definition) is 5. The van der Waals surface area contributed by atoms with Crippen LogP contribution in [0.5, 0.6) is 0 Å². The molecule has 0 aliphatic carbocycles. The summed E-state index contributed by atoms with van der Waals surface area (Å²) >= 11 is 0. The Morgan fingerprint density at radius 2 is 2.37 bits per heavy atom. The van der Waals surface area contributed by atoms with Gasteiger partial charge in [0.05, 0.1) is 12.3 Å². The zero-order valence-corrected chi connectivity index (χ0v) is 11.2. The number of aryl methyl sites for hydroxylation is 1. The summed E-state index contributed by atoms with van der Waals surface area (Å²) in [5, 5.41) is 14.8. The van der Waals surface area contributed by atoms with Crippen LogP contribution in [-0.4, -0.2) is 49.4 Å². The normalized spacial score (nSPS) is 19.7. The van der Waals surface area contributed by atoms with Crippen LogP contribution in [0.2, 0.25) is 0 Å². The molecule has 1 atom stereocenters. The molecule has 1 aromatic heterocycles. The number of H-pyrrole nitrogens is 1. The monoisotopic (exact) mass is 289 g/mol. The molecule has 3 N–H and O–H groups in total. The smallest absolute Gasteiger partial charge is 0.357 e. The van der Waals surface area contributed by atoms with Crippen LogP contribution >= 0.6 is 0 Å². The van der Waals surface area contributed by atoms with Crippen molar-refractivity contribution >= 4 is 16.0 Å². The van der Waals surface area contributed by atoms with Gasteiger partial charge in [0, 0.05) is 13.2 Å². The minimum Gasteiger partial charge on any atom is -0.476 e. The molecule has 1 fully saturated rings. The molecule has 1 aliphatic rings. The van der Waals surface area contributed by atoms with E-state index in [-0.39, 0.29) is 23.1 Å². The molecular formula is C10H15N3O5S. The van der Waals surface area contributed by atoms with Crippen molar-refractivity contribution in [2.75, 3.05) is 19.8 Å². The van der Waals surface area contributed by atoms with Crippen molar-refractivity contribution < 1.29 is 23.1 Å². The number of carbonyl (C=O) groups is 1. The van der Waals surface area contributed by atoms with Crippen LogP contribution in [0.15, 0.2) is 4.90 Å². The first-order valence-electron chi connectivity index (χ1n) is 5.77. The van der Waals surface area contributed by atoms with Crippen molar-refractivity contribution in [3.8, 4) is 0 Å². The minimum absolute atomic E-state index is 0.121. The van der Waals surface area contributed by atoms with Gasteiger partial charge in [-0.25, -0.2) is 17.9 Å². The Balaban J connectivity index is 2.19. The maximum atomic E-state index is 12.1. The third kappa shape index (κ3) is 2.94. The number of rotatable bonds is 5. The van der Waals surface area contributed by atoms with Crippen molar-refractivity contribution in [2.45, 2.75) is 18.2 Å². The second-order valence-corrected chi connectivity index (χ2v) is 6.12. The number of nitrogens with zero attached hydrogens (tertiary/aromatic N) is 1. The second kappa shape index (κ2) is 5.27. The molecule has 2 rings (SSSR count). The molecule has 0 bridgehead atoms. The average Bonchev–Trinajstić information content (AvgIpc) is 2.95. The summed E-state index contributed by atoms with van der Waals surface area (Å²) in [5.41, 5.74) is -0.291. The number of aromatic carboxylic acids is 1. The second-order valence-electron chi connectivity index (χ2n) is 4.41. The molecule has 0 radical (unpaired) electrons. The van der Waals surface area contributed by atoms with E-state index in [4.69, 9.17) is 9.84 Å². The molecule has 1 unspecified atom stereocenters. The maximum Gasteiger partial charge on any atom is 0.357 e. The zero-order chi connectivity index (χ0) is 14.0. The van der Waals surface area contributed by atoms with Gasteiger partial charge in [0.15, 0.2) is 5.69 Å². The average molecular weight is 289 g/mol. The Morgan fingerprint density at radius 1 is 1.63 bits per heavy atom. The van der Waals surface area contributed by atoms with Crippen LogP contribution in [0, 0.1) is 12.8 Å². The summed E-state index contributed by atoms with van der Waals surface area (Å²) < 4.78 is 31.8. The van der Waals surface area contributed by atoms with Crippen molar-refractivity contribution in [1.82, 2.24) is 14.9 Å². The lowest BCUT2D eigenvalue weighted by Gasteiger charge is -2.10. The third-order valence-electron chi connectivity index (χ3n) is 2.95. The molecule has 106 valence electrons. The summed E-state index contributed by atoms with van der Waals surface area (Å²) in [6.45, 7) is 2.83. The highest BCUT2D eigenvalue weighted by molar-refractivity contribution is 7.89. The van der Waals surface area contributed by atoms with Crippen LogP contribution in [-0.2, 0) is 14.8 Å². The predicted octanol–water partition coefficient (Wildman–Crippen LogP) is -0.269. The Morgan fingerprint density at radius 3 is 2.95 bits per heavy atom. The standard InChI is InChI=1S/C10H15N3O5S/c1-6-9(8(10(14)15)13-12-6)19(16,17)11-4-7-2-3-18-5-7/h7,11H,2-5H2,1H3,(H,12,13)(H,14,15). The quantitative estimate of drug-likeness (QED) is 0.686. The number of carboxylic acids is 1. The Labute approximate surface area is 110 Å². The van der Waals surface area contributed by atoms with Gasteiger partial charge in [-0.3, -0.25) is 5.10 Å². The van der Waals surface area contributed by atoms with E-state index in [0.29, 0.717) is 13.2 Å². The molecular weight excluding hydrogens is 274 g/mol. The highest BCUT2D eigenvalue weighted by Crippen LogP contribution is 2.18. The Bertz CT molecular complexity index is 574. The van der Waals surface area contributed by atoms with Gasteiger partial charge in [0.25, 0.3) is 0 Å². The summed E-state index contributed by atoms with van der Waals surface area (Å²) in [5.74, 6) is -1.26. The van der Waals surface area contributed by atoms with E-state index in [1.54, 1.807) is 0 Å². The highest BCUT2D eigenvalue weighted by Gasteiger charge is 2.29. The van der Waals surface area contributed by atoms with Gasteiger partial charge < -0.3 is 9.84 Å². The van der Waals surface area contributed by atoms with E-state index >= 15 is 0 Å². The molecule has 0 spiro atoms. The molecule has 2 heterocycles. The first-order chi connectivity index (χ1) is 8.92. The van der Waals surface area contributed by atoms with Crippen molar-refractivity contribution in [1.29, 1.82) is 0 Å². The van der Waals surface area contributed by atoms with Crippen molar-refractivity contribution in [3.05, 3.63) is 11.4 Å². The van der Waals surface area contributed by atoms with E-state index < -0.39 is 21.7 Å². The van der Waals surface area contributed by atoms with Gasteiger partial charge in [0.1, 0.15) is 4.90 Å². The van der Waals surface area contributed by atoms with E-state index in [2.05, 4.69) is 14.9 Å². The lowest BCUT2D eigenvalue weighted by Crippen LogP contribution is -2.30. The predicted molar refractivity (Wildman–Crippen MR) is 64.4 cm³/mol. The van der Waals surface area contributed by atoms with Crippen LogP contribution in [0.3, 0.4) is 0 Å². The first-order valence-corrected chi connectivity index (χ1v) is 7.26. The SMILES string of the molecule is Cc1[nH]nc(C(=O)O)c1S(=O)(=O)NCC1CCOC1. The molecule has 9 heteroatoms. The summed E-state index contributed by atoms with van der Waals surface area (Å²) in [7, 11) is -3.89. The van der Waals surface area contributed by atoms with Crippen molar-refractivity contribution in [2.24, 2.45) is 5.92 Å². The molecule has 1 aliphatic heterocycles. The van der Waals surface area contributed by atoms with Crippen LogP contribution in [0.1, 0.15) is 22.6 Å². The largest absolute Gasteiger partial charge is 0.476 e.